The largest absolute Gasteiger partial charge is 0.385 e. The zero-order valence-electron chi connectivity index (χ0n) is 16.6. The van der Waals surface area contributed by atoms with Crippen LogP contribution in [0.5, 0.6) is 0 Å². The molecule has 2 saturated heterocycles. The van der Waals surface area contributed by atoms with Crippen LogP contribution in [0.2, 0.25) is 0 Å². The summed E-state index contributed by atoms with van der Waals surface area (Å²) in [6.45, 7) is 0.251. The van der Waals surface area contributed by atoms with Gasteiger partial charge in [-0.2, -0.15) is 0 Å². The first kappa shape index (κ1) is 18.3. The number of hydrogen-bond acceptors (Lipinski definition) is 4. The molecule has 6 rings (SSSR count). The van der Waals surface area contributed by atoms with Crippen LogP contribution in [0.3, 0.4) is 0 Å². The fourth-order valence-corrected chi connectivity index (χ4v) is 5.13. The molecular formula is C25H20N2O4. The molecule has 0 aliphatic carbocycles. The lowest BCUT2D eigenvalue weighted by molar-refractivity contribution is -0.147. The lowest BCUT2D eigenvalue weighted by Gasteiger charge is -2.44. The van der Waals surface area contributed by atoms with Crippen LogP contribution in [-0.2, 0) is 26.5 Å². The van der Waals surface area contributed by atoms with E-state index in [0.717, 1.165) is 5.56 Å². The third kappa shape index (κ3) is 2.23. The number of amides is 2. The molecule has 3 aromatic rings. The summed E-state index contributed by atoms with van der Waals surface area (Å²) in [6.07, 6.45) is -1.09. The van der Waals surface area contributed by atoms with Crippen molar-refractivity contribution in [1.29, 1.82) is 0 Å². The molecule has 2 amide bonds. The van der Waals surface area contributed by atoms with E-state index in [2.05, 4.69) is 0 Å². The summed E-state index contributed by atoms with van der Waals surface area (Å²) in [4.78, 5) is 30.3. The number of fused-ring (bicyclic) bond motifs is 2. The number of aliphatic hydroxyl groups is 1. The van der Waals surface area contributed by atoms with Crippen LogP contribution in [0, 0.1) is 0 Å². The van der Waals surface area contributed by atoms with Crippen LogP contribution in [0.4, 0.5) is 5.69 Å². The van der Waals surface area contributed by atoms with Gasteiger partial charge >= 0.3 is 0 Å². The standard InChI is InChI=1S/C25H20N2O4/c28-21-16-26(15-17-9-3-1-4-10-17)23(30)25-24(31-25,18-11-5-2-6-12-18)22(29)19-13-7-8-14-20(19)27(21)25/h1-14,22,29H,15-16H2/t22-,24+,25+/m0/s1. The van der Waals surface area contributed by atoms with Crippen LogP contribution in [0.1, 0.15) is 22.8 Å². The zero-order valence-corrected chi connectivity index (χ0v) is 16.6. The van der Waals surface area contributed by atoms with E-state index in [0.29, 0.717) is 23.4 Å². The van der Waals surface area contributed by atoms with Crippen molar-refractivity contribution in [3.63, 3.8) is 0 Å². The minimum Gasteiger partial charge on any atom is -0.385 e. The highest BCUT2D eigenvalue weighted by atomic mass is 16.7. The van der Waals surface area contributed by atoms with Crippen LogP contribution < -0.4 is 4.90 Å². The second kappa shape index (κ2) is 6.26. The average molecular weight is 412 g/mol. The van der Waals surface area contributed by atoms with Gasteiger partial charge < -0.3 is 14.7 Å². The number of benzene rings is 3. The number of aliphatic hydroxyl groups excluding tert-OH is 1. The number of rotatable bonds is 3. The van der Waals surface area contributed by atoms with Gasteiger partial charge in [-0.3, -0.25) is 14.5 Å². The Balaban J connectivity index is 1.52. The van der Waals surface area contributed by atoms with Gasteiger partial charge in [0.1, 0.15) is 12.6 Å². The molecule has 31 heavy (non-hydrogen) atoms. The quantitative estimate of drug-likeness (QED) is 0.672. The maximum Gasteiger partial charge on any atom is 0.281 e. The Bertz CT molecular complexity index is 1200. The molecule has 0 unspecified atom stereocenters. The molecule has 3 aliphatic rings. The molecule has 1 N–H and O–H groups in total. The Hall–Kier alpha value is -3.48. The highest BCUT2D eigenvalue weighted by molar-refractivity contribution is 6.12. The smallest absolute Gasteiger partial charge is 0.281 e. The molecule has 3 aliphatic heterocycles. The molecule has 0 radical (unpaired) electrons. The fraction of sp³-hybridized carbons (Fsp3) is 0.200. The maximum absolute atomic E-state index is 13.9. The number of piperazine rings is 1. The summed E-state index contributed by atoms with van der Waals surface area (Å²) < 4.78 is 6.25. The van der Waals surface area contributed by atoms with E-state index in [-0.39, 0.29) is 18.4 Å². The molecule has 6 heteroatoms. The van der Waals surface area contributed by atoms with Gasteiger partial charge in [0, 0.05) is 12.1 Å². The minimum absolute atomic E-state index is 0.0475. The predicted octanol–water partition coefficient (Wildman–Crippen LogP) is 2.73. The van der Waals surface area contributed by atoms with E-state index < -0.39 is 17.4 Å². The van der Waals surface area contributed by atoms with E-state index in [1.807, 2.05) is 66.7 Å². The number of hydrogen-bond donors (Lipinski definition) is 1. The van der Waals surface area contributed by atoms with Gasteiger partial charge in [0.05, 0.1) is 5.69 Å². The van der Waals surface area contributed by atoms with Crippen molar-refractivity contribution in [3.05, 3.63) is 102 Å². The van der Waals surface area contributed by atoms with Gasteiger partial charge in [-0.05, 0) is 17.2 Å². The van der Waals surface area contributed by atoms with Crippen LogP contribution in [-0.4, -0.2) is 34.1 Å². The topological polar surface area (TPSA) is 73.4 Å². The minimum atomic E-state index is -1.59. The van der Waals surface area contributed by atoms with E-state index in [1.165, 1.54) is 9.80 Å². The van der Waals surface area contributed by atoms with E-state index >= 15 is 0 Å². The summed E-state index contributed by atoms with van der Waals surface area (Å²) in [7, 11) is 0. The maximum atomic E-state index is 13.9. The third-order valence-electron chi connectivity index (χ3n) is 6.51. The fourth-order valence-electron chi connectivity index (χ4n) is 5.13. The van der Waals surface area contributed by atoms with E-state index in [1.54, 1.807) is 18.2 Å². The number of carbonyl (C=O) groups is 2. The lowest BCUT2D eigenvalue weighted by atomic mass is 9.77. The molecule has 0 saturated carbocycles. The number of ether oxygens (including phenoxy) is 1. The molecule has 6 nitrogen and oxygen atoms in total. The van der Waals surface area contributed by atoms with Gasteiger partial charge in [-0.15, -0.1) is 0 Å². The van der Waals surface area contributed by atoms with Gasteiger partial charge in [0.15, 0.2) is 5.60 Å². The van der Waals surface area contributed by atoms with Crippen LogP contribution >= 0.6 is 0 Å². The molecule has 3 heterocycles. The Morgan fingerprint density at radius 3 is 2.29 bits per heavy atom. The van der Waals surface area contributed by atoms with Crippen molar-refractivity contribution in [3.8, 4) is 0 Å². The van der Waals surface area contributed by atoms with Gasteiger partial charge in [-0.1, -0.05) is 78.9 Å². The molecule has 3 atom stereocenters. The van der Waals surface area contributed by atoms with E-state index in [4.69, 9.17) is 4.74 Å². The number of anilines is 1. The number of carbonyl (C=O) groups excluding carboxylic acids is 2. The van der Waals surface area contributed by atoms with Crippen molar-refractivity contribution >= 4 is 17.5 Å². The summed E-state index contributed by atoms with van der Waals surface area (Å²) in [5.41, 5.74) is -0.230. The monoisotopic (exact) mass is 412 g/mol. The molecule has 1 spiro atoms. The highest BCUT2D eigenvalue weighted by Crippen LogP contribution is 2.69. The van der Waals surface area contributed by atoms with Crippen LogP contribution in [0.15, 0.2) is 84.9 Å². The lowest BCUT2D eigenvalue weighted by Crippen LogP contribution is -2.66. The first-order valence-corrected chi connectivity index (χ1v) is 10.3. The number of nitrogens with zero attached hydrogens (tertiary/aromatic N) is 2. The predicted molar refractivity (Wildman–Crippen MR) is 113 cm³/mol. The molecule has 0 aromatic heterocycles. The molecule has 3 aromatic carbocycles. The van der Waals surface area contributed by atoms with Crippen molar-refractivity contribution in [1.82, 2.24) is 4.90 Å². The zero-order chi connectivity index (χ0) is 21.2. The summed E-state index contributed by atoms with van der Waals surface area (Å²) in [5, 5.41) is 11.5. The normalized spacial score (nSPS) is 28.6. The first-order chi connectivity index (χ1) is 15.1. The van der Waals surface area contributed by atoms with Gasteiger partial charge in [0.25, 0.3) is 11.6 Å². The molecular weight excluding hydrogens is 392 g/mol. The SMILES string of the molecule is O=C1CN(Cc2ccccc2)C(=O)[C@@]23O[C@]2(c2ccccc2)[C@@H](O)c2ccccc2N13. The van der Waals surface area contributed by atoms with Crippen LogP contribution in [0.25, 0.3) is 0 Å². The van der Waals surface area contributed by atoms with Crippen molar-refractivity contribution in [2.75, 3.05) is 11.4 Å². The van der Waals surface area contributed by atoms with Crippen molar-refractivity contribution < 1.29 is 19.4 Å². The molecule has 154 valence electrons. The number of epoxide rings is 1. The third-order valence-corrected chi connectivity index (χ3v) is 6.51. The van der Waals surface area contributed by atoms with Crippen molar-refractivity contribution in [2.24, 2.45) is 0 Å². The van der Waals surface area contributed by atoms with Crippen molar-refractivity contribution in [2.45, 2.75) is 24.0 Å². The summed E-state index contributed by atoms with van der Waals surface area (Å²) >= 11 is 0. The van der Waals surface area contributed by atoms with Gasteiger partial charge in [0.2, 0.25) is 5.91 Å². The Morgan fingerprint density at radius 2 is 1.55 bits per heavy atom. The first-order valence-electron chi connectivity index (χ1n) is 10.3. The molecule has 2 fully saturated rings. The Labute approximate surface area is 179 Å². The Morgan fingerprint density at radius 1 is 0.903 bits per heavy atom. The Kier molecular flexibility index (Phi) is 3.70. The number of para-hydroxylation sites is 1. The highest BCUT2D eigenvalue weighted by Gasteiger charge is 2.86. The summed E-state index contributed by atoms with van der Waals surface area (Å²) in [5.74, 6) is -0.541. The van der Waals surface area contributed by atoms with E-state index in [9.17, 15) is 14.7 Å². The molecule has 0 bridgehead atoms. The summed E-state index contributed by atoms with van der Waals surface area (Å²) in [6, 6.07) is 25.9. The second-order valence-corrected chi connectivity index (χ2v) is 8.19. The average Bonchev–Trinajstić information content (AvgIpc) is 3.51. The second-order valence-electron chi connectivity index (χ2n) is 8.19. The van der Waals surface area contributed by atoms with Gasteiger partial charge in [-0.25, -0.2) is 0 Å².